The Balaban J connectivity index is 1.57. The first kappa shape index (κ1) is 14.5. The van der Waals surface area contributed by atoms with E-state index in [9.17, 15) is 0 Å². The molecule has 1 aromatic carbocycles. The van der Waals surface area contributed by atoms with Gasteiger partial charge in [-0.1, -0.05) is 12.1 Å². The minimum atomic E-state index is 0.310. The lowest BCUT2D eigenvalue weighted by molar-refractivity contribution is 0.365. The van der Waals surface area contributed by atoms with Crippen molar-refractivity contribution in [1.82, 2.24) is 29.9 Å². The van der Waals surface area contributed by atoms with Crippen LogP contribution >= 0.6 is 0 Å². The monoisotopic (exact) mass is 296 g/mol. The Kier molecular flexibility index (Phi) is 4.29. The minimum Gasteiger partial charge on any atom is -0.308 e. The van der Waals surface area contributed by atoms with E-state index in [2.05, 4.69) is 46.5 Å². The van der Waals surface area contributed by atoms with Crippen molar-refractivity contribution in [2.24, 2.45) is 0 Å². The van der Waals surface area contributed by atoms with Gasteiger partial charge in [0.05, 0.1) is 11.7 Å². The summed E-state index contributed by atoms with van der Waals surface area (Å²) >= 11 is 0. The molecule has 2 atom stereocenters. The molecule has 22 heavy (non-hydrogen) atoms. The van der Waals surface area contributed by atoms with Crippen LogP contribution in [0.5, 0.6) is 0 Å². The number of rotatable bonds is 6. The van der Waals surface area contributed by atoms with Gasteiger partial charge in [0, 0.05) is 25.0 Å². The Morgan fingerprint density at radius 2 is 1.95 bits per heavy atom. The smallest absolute Gasteiger partial charge is 0.138 e. The number of hydrogen-bond donors (Lipinski definition) is 1. The second-order valence-electron chi connectivity index (χ2n) is 5.40. The average molecular weight is 296 g/mol. The first-order chi connectivity index (χ1) is 10.7. The van der Waals surface area contributed by atoms with E-state index in [-0.39, 0.29) is 0 Å². The van der Waals surface area contributed by atoms with Gasteiger partial charge in [-0.25, -0.2) is 9.67 Å². The average Bonchev–Trinajstić information content (AvgIpc) is 3.25. The highest BCUT2D eigenvalue weighted by Gasteiger charge is 2.13. The fourth-order valence-corrected chi connectivity index (χ4v) is 2.31. The molecule has 6 heteroatoms. The Hall–Kier alpha value is -2.47. The maximum absolute atomic E-state index is 4.29. The normalized spacial score (nSPS) is 13.9. The van der Waals surface area contributed by atoms with Gasteiger partial charge in [0.25, 0.3) is 0 Å². The van der Waals surface area contributed by atoms with Gasteiger partial charge in [0.1, 0.15) is 12.7 Å². The third-order valence-electron chi connectivity index (χ3n) is 3.91. The number of nitrogens with zero attached hydrogens (tertiary/aromatic N) is 5. The van der Waals surface area contributed by atoms with Crippen LogP contribution in [0.3, 0.4) is 0 Å². The molecule has 0 radical (unpaired) electrons. The molecule has 0 aliphatic rings. The van der Waals surface area contributed by atoms with E-state index in [0.717, 1.165) is 12.2 Å². The summed E-state index contributed by atoms with van der Waals surface area (Å²) in [6, 6.07) is 10.9. The molecule has 2 aromatic heterocycles. The summed E-state index contributed by atoms with van der Waals surface area (Å²) in [7, 11) is 0. The van der Waals surface area contributed by atoms with Crippen LogP contribution in [0.25, 0.3) is 5.69 Å². The maximum Gasteiger partial charge on any atom is 0.138 e. The first-order valence-corrected chi connectivity index (χ1v) is 7.40. The SMILES string of the molecule is C[C@H](NCc1ccc(-n2cncn2)cc1)[C@H](C)n1cccn1. The van der Waals surface area contributed by atoms with E-state index in [4.69, 9.17) is 0 Å². The summed E-state index contributed by atoms with van der Waals surface area (Å²) in [5.41, 5.74) is 2.25. The Morgan fingerprint density at radius 1 is 1.14 bits per heavy atom. The van der Waals surface area contributed by atoms with Gasteiger partial charge in [-0.15, -0.1) is 0 Å². The zero-order valence-electron chi connectivity index (χ0n) is 12.8. The van der Waals surface area contributed by atoms with Crippen molar-refractivity contribution in [2.75, 3.05) is 0 Å². The van der Waals surface area contributed by atoms with Gasteiger partial charge < -0.3 is 5.32 Å². The highest BCUT2D eigenvalue weighted by molar-refractivity contribution is 5.33. The van der Waals surface area contributed by atoms with Gasteiger partial charge >= 0.3 is 0 Å². The molecule has 3 rings (SSSR count). The van der Waals surface area contributed by atoms with Crippen LogP contribution in [0, 0.1) is 0 Å². The number of nitrogens with one attached hydrogen (secondary N) is 1. The third-order valence-corrected chi connectivity index (χ3v) is 3.91. The van der Waals surface area contributed by atoms with Gasteiger partial charge in [0.15, 0.2) is 0 Å². The van der Waals surface area contributed by atoms with Crippen LogP contribution in [0.1, 0.15) is 25.5 Å². The van der Waals surface area contributed by atoms with Gasteiger partial charge in [-0.05, 0) is 37.6 Å². The standard InChI is InChI=1S/C16H20N6/c1-13(14(2)21-9-3-8-19-21)18-10-15-4-6-16(7-5-15)22-12-17-11-20-22/h3-9,11-14,18H,10H2,1-2H3/t13-,14-/m0/s1. The van der Waals surface area contributed by atoms with E-state index in [0.29, 0.717) is 12.1 Å². The molecule has 114 valence electrons. The van der Waals surface area contributed by atoms with Crippen molar-refractivity contribution in [3.05, 3.63) is 60.9 Å². The molecule has 1 N–H and O–H groups in total. The zero-order chi connectivity index (χ0) is 15.4. The van der Waals surface area contributed by atoms with Crippen molar-refractivity contribution in [3.63, 3.8) is 0 Å². The summed E-state index contributed by atoms with van der Waals surface area (Å²) in [5.74, 6) is 0. The lowest BCUT2D eigenvalue weighted by atomic mass is 10.1. The molecular formula is C16H20N6. The van der Waals surface area contributed by atoms with Crippen molar-refractivity contribution in [2.45, 2.75) is 32.5 Å². The zero-order valence-corrected chi connectivity index (χ0v) is 12.8. The Labute approximate surface area is 129 Å². The van der Waals surface area contributed by atoms with E-state index >= 15 is 0 Å². The van der Waals surface area contributed by atoms with Crippen LogP contribution in [-0.4, -0.2) is 30.6 Å². The van der Waals surface area contributed by atoms with Crippen LogP contribution in [0.4, 0.5) is 0 Å². The summed E-state index contributed by atoms with van der Waals surface area (Å²) in [5, 5.41) is 12.0. The lowest BCUT2D eigenvalue weighted by Gasteiger charge is -2.22. The molecule has 6 nitrogen and oxygen atoms in total. The fourth-order valence-electron chi connectivity index (χ4n) is 2.31. The van der Waals surface area contributed by atoms with Crippen molar-refractivity contribution in [3.8, 4) is 5.69 Å². The van der Waals surface area contributed by atoms with E-state index < -0.39 is 0 Å². The van der Waals surface area contributed by atoms with Gasteiger partial charge in [-0.3, -0.25) is 4.68 Å². The summed E-state index contributed by atoms with van der Waals surface area (Å²) in [6.45, 7) is 5.17. The van der Waals surface area contributed by atoms with Gasteiger partial charge in [-0.2, -0.15) is 10.2 Å². The molecule has 3 aromatic rings. The maximum atomic E-state index is 4.29. The molecular weight excluding hydrogens is 276 g/mol. The fraction of sp³-hybridized carbons (Fsp3) is 0.312. The Morgan fingerprint density at radius 3 is 2.59 bits per heavy atom. The van der Waals surface area contributed by atoms with Crippen LogP contribution < -0.4 is 5.32 Å². The van der Waals surface area contributed by atoms with Crippen LogP contribution in [-0.2, 0) is 6.54 Å². The topological polar surface area (TPSA) is 60.6 Å². The molecule has 0 saturated carbocycles. The number of hydrogen-bond acceptors (Lipinski definition) is 4. The molecule has 0 bridgehead atoms. The number of aromatic nitrogens is 5. The van der Waals surface area contributed by atoms with Crippen LogP contribution in [0.2, 0.25) is 0 Å². The number of benzene rings is 1. The minimum absolute atomic E-state index is 0.310. The highest BCUT2D eigenvalue weighted by Crippen LogP contribution is 2.11. The first-order valence-electron chi connectivity index (χ1n) is 7.40. The summed E-state index contributed by atoms with van der Waals surface area (Å²) < 4.78 is 3.73. The summed E-state index contributed by atoms with van der Waals surface area (Å²) in [4.78, 5) is 3.96. The van der Waals surface area contributed by atoms with E-state index in [1.165, 1.54) is 11.9 Å². The molecule has 0 fully saturated rings. The quantitative estimate of drug-likeness (QED) is 0.757. The second-order valence-corrected chi connectivity index (χ2v) is 5.40. The van der Waals surface area contributed by atoms with Crippen molar-refractivity contribution >= 4 is 0 Å². The predicted octanol–water partition coefficient (Wildman–Crippen LogP) is 2.20. The summed E-state index contributed by atoms with van der Waals surface area (Å²) in [6.07, 6.45) is 7.04. The van der Waals surface area contributed by atoms with Crippen molar-refractivity contribution in [1.29, 1.82) is 0 Å². The van der Waals surface area contributed by atoms with Crippen LogP contribution in [0.15, 0.2) is 55.4 Å². The Bertz CT molecular complexity index is 672. The van der Waals surface area contributed by atoms with Gasteiger partial charge in [0.2, 0.25) is 0 Å². The third kappa shape index (κ3) is 3.23. The molecule has 0 unspecified atom stereocenters. The molecule has 0 spiro atoms. The molecule has 0 aliphatic heterocycles. The largest absolute Gasteiger partial charge is 0.308 e. The molecule has 2 heterocycles. The van der Waals surface area contributed by atoms with E-state index in [1.807, 2.05) is 35.3 Å². The van der Waals surface area contributed by atoms with E-state index in [1.54, 1.807) is 11.0 Å². The highest BCUT2D eigenvalue weighted by atomic mass is 15.3. The second kappa shape index (κ2) is 6.53. The predicted molar refractivity (Wildman–Crippen MR) is 84.6 cm³/mol. The molecule has 0 saturated heterocycles. The lowest BCUT2D eigenvalue weighted by Crippen LogP contribution is -2.33. The molecule has 0 aliphatic carbocycles. The van der Waals surface area contributed by atoms with Crippen molar-refractivity contribution < 1.29 is 0 Å². The molecule has 0 amide bonds.